The Bertz CT molecular complexity index is 555. The number of anilines is 2. The normalized spacial score (nSPS) is 12.7. The Kier molecular flexibility index (Phi) is 6.64. The van der Waals surface area contributed by atoms with Gasteiger partial charge in [0.25, 0.3) is 0 Å². The highest BCUT2D eigenvalue weighted by Gasteiger charge is 2.13. The minimum absolute atomic E-state index is 0.0117. The molecule has 21 heavy (non-hydrogen) atoms. The predicted octanol–water partition coefficient (Wildman–Crippen LogP) is 1.90. The number of carbonyl (C=O) groups is 1. The molecule has 0 aliphatic carbocycles. The van der Waals surface area contributed by atoms with Crippen LogP contribution in [0.25, 0.3) is 0 Å². The highest BCUT2D eigenvalue weighted by atomic mass is 32.2. The summed E-state index contributed by atoms with van der Waals surface area (Å²) in [6, 6.07) is 5.94. The summed E-state index contributed by atoms with van der Waals surface area (Å²) >= 11 is 0. The first-order valence-corrected chi connectivity index (χ1v) is 8.70. The van der Waals surface area contributed by atoms with Crippen molar-refractivity contribution in [3.8, 4) is 0 Å². The number of benzene rings is 1. The molecule has 118 valence electrons. The van der Waals surface area contributed by atoms with Crippen LogP contribution in [0.5, 0.6) is 0 Å². The van der Waals surface area contributed by atoms with Gasteiger partial charge in [-0.25, -0.2) is 8.42 Å². The van der Waals surface area contributed by atoms with E-state index in [1.54, 1.807) is 31.2 Å². The van der Waals surface area contributed by atoms with Crippen molar-refractivity contribution in [2.24, 2.45) is 5.73 Å². The SMILES string of the molecule is CCCC[C@H](N)C(=O)Nc1ccc(NS(=O)(=O)CC)cc1. The van der Waals surface area contributed by atoms with Gasteiger partial charge in [-0.2, -0.15) is 0 Å². The summed E-state index contributed by atoms with van der Waals surface area (Å²) in [5.74, 6) is -0.219. The van der Waals surface area contributed by atoms with Crippen LogP contribution >= 0.6 is 0 Å². The Labute approximate surface area is 126 Å². The Morgan fingerprint density at radius 1 is 1.19 bits per heavy atom. The van der Waals surface area contributed by atoms with Crippen LogP contribution < -0.4 is 15.8 Å². The van der Waals surface area contributed by atoms with E-state index in [9.17, 15) is 13.2 Å². The zero-order valence-corrected chi connectivity index (χ0v) is 13.2. The molecular formula is C14H23N3O3S. The molecule has 1 amide bonds. The molecule has 1 aromatic carbocycles. The van der Waals surface area contributed by atoms with Crippen molar-refractivity contribution in [3.63, 3.8) is 0 Å². The van der Waals surface area contributed by atoms with Gasteiger partial charge in [0.2, 0.25) is 15.9 Å². The predicted molar refractivity (Wildman–Crippen MR) is 85.7 cm³/mol. The molecule has 0 saturated carbocycles. The fraction of sp³-hybridized carbons (Fsp3) is 0.500. The summed E-state index contributed by atoms with van der Waals surface area (Å²) in [5.41, 5.74) is 6.83. The molecule has 1 rings (SSSR count). The molecular weight excluding hydrogens is 290 g/mol. The Morgan fingerprint density at radius 2 is 1.76 bits per heavy atom. The van der Waals surface area contributed by atoms with Crippen molar-refractivity contribution in [2.45, 2.75) is 39.2 Å². The van der Waals surface area contributed by atoms with Gasteiger partial charge in [-0.1, -0.05) is 19.8 Å². The average molecular weight is 313 g/mol. The monoisotopic (exact) mass is 313 g/mol. The van der Waals surface area contributed by atoms with Crippen molar-refractivity contribution in [1.29, 1.82) is 0 Å². The fourth-order valence-corrected chi connectivity index (χ4v) is 2.30. The van der Waals surface area contributed by atoms with Crippen molar-refractivity contribution in [1.82, 2.24) is 0 Å². The first kappa shape index (κ1) is 17.5. The maximum Gasteiger partial charge on any atom is 0.241 e. The number of nitrogens with two attached hydrogens (primary N) is 1. The topological polar surface area (TPSA) is 101 Å². The standard InChI is InChI=1S/C14H23N3O3S/c1-3-5-6-13(15)14(18)16-11-7-9-12(10-8-11)17-21(19,20)4-2/h7-10,13,17H,3-6,15H2,1-2H3,(H,16,18)/t13-/m0/s1. The lowest BCUT2D eigenvalue weighted by Crippen LogP contribution is -2.35. The van der Waals surface area contributed by atoms with Gasteiger partial charge in [0.15, 0.2) is 0 Å². The Morgan fingerprint density at radius 3 is 2.29 bits per heavy atom. The molecule has 0 heterocycles. The second-order valence-corrected chi connectivity index (χ2v) is 6.83. The van der Waals surface area contributed by atoms with Crippen LogP contribution in [0.1, 0.15) is 33.1 Å². The van der Waals surface area contributed by atoms with Crippen molar-refractivity contribution >= 4 is 27.3 Å². The van der Waals surface area contributed by atoms with Gasteiger partial charge in [0.1, 0.15) is 0 Å². The lowest BCUT2D eigenvalue weighted by atomic mass is 10.1. The summed E-state index contributed by atoms with van der Waals surface area (Å²) in [5, 5.41) is 2.71. The number of nitrogens with one attached hydrogen (secondary N) is 2. The van der Waals surface area contributed by atoms with Crippen LogP contribution in [0.3, 0.4) is 0 Å². The molecule has 1 atom stereocenters. The zero-order valence-electron chi connectivity index (χ0n) is 12.4. The van der Waals surface area contributed by atoms with Gasteiger partial charge in [-0.05, 0) is 37.6 Å². The van der Waals surface area contributed by atoms with E-state index in [0.29, 0.717) is 17.8 Å². The molecule has 0 bridgehead atoms. The minimum atomic E-state index is -3.29. The summed E-state index contributed by atoms with van der Waals surface area (Å²) < 4.78 is 25.3. The molecule has 1 aromatic rings. The highest BCUT2D eigenvalue weighted by Crippen LogP contribution is 2.15. The van der Waals surface area contributed by atoms with E-state index >= 15 is 0 Å². The molecule has 0 aliphatic heterocycles. The number of hydrogen-bond acceptors (Lipinski definition) is 4. The lowest BCUT2D eigenvalue weighted by molar-refractivity contribution is -0.117. The molecule has 0 aliphatic rings. The summed E-state index contributed by atoms with van der Waals surface area (Å²) in [6.45, 7) is 3.61. The Balaban J connectivity index is 2.60. The first-order chi connectivity index (χ1) is 9.88. The summed E-state index contributed by atoms with van der Waals surface area (Å²) in [4.78, 5) is 11.8. The number of sulfonamides is 1. The number of rotatable bonds is 8. The fourth-order valence-electron chi connectivity index (χ4n) is 1.66. The van der Waals surface area contributed by atoms with Crippen LogP contribution in [0.2, 0.25) is 0 Å². The number of amides is 1. The van der Waals surface area contributed by atoms with E-state index < -0.39 is 16.1 Å². The minimum Gasteiger partial charge on any atom is -0.325 e. The van der Waals surface area contributed by atoms with Crippen LogP contribution in [0.4, 0.5) is 11.4 Å². The molecule has 0 spiro atoms. The van der Waals surface area contributed by atoms with Crippen LogP contribution in [-0.4, -0.2) is 26.1 Å². The summed E-state index contributed by atoms with van der Waals surface area (Å²) in [7, 11) is -3.29. The second kappa shape index (κ2) is 7.99. The van der Waals surface area contributed by atoms with Crippen LogP contribution in [0, 0.1) is 0 Å². The Hall–Kier alpha value is -1.60. The number of carbonyl (C=O) groups excluding carboxylic acids is 1. The van der Waals surface area contributed by atoms with E-state index in [-0.39, 0.29) is 11.7 Å². The van der Waals surface area contributed by atoms with Gasteiger partial charge in [0, 0.05) is 11.4 Å². The third-order valence-corrected chi connectivity index (χ3v) is 4.32. The molecule has 6 nitrogen and oxygen atoms in total. The van der Waals surface area contributed by atoms with Crippen molar-refractivity contribution in [2.75, 3.05) is 15.8 Å². The van der Waals surface area contributed by atoms with E-state index in [1.807, 2.05) is 6.92 Å². The quantitative estimate of drug-likeness (QED) is 0.682. The van der Waals surface area contributed by atoms with E-state index in [2.05, 4.69) is 10.0 Å². The van der Waals surface area contributed by atoms with E-state index in [1.165, 1.54) is 0 Å². The molecule has 0 saturated heterocycles. The van der Waals surface area contributed by atoms with Crippen molar-refractivity contribution in [3.05, 3.63) is 24.3 Å². The molecule has 0 unspecified atom stereocenters. The smallest absolute Gasteiger partial charge is 0.241 e. The lowest BCUT2D eigenvalue weighted by Gasteiger charge is -2.12. The van der Waals surface area contributed by atoms with Gasteiger partial charge in [-0.3, -0.25) is 9.52 Å². The third-order valence-electron chi connectivity index (χ3n) is 3.01. The molecule has 0 aromatic heterocycles. The average Bonchev–Trinajstić information content (AvgIpc) is 2.46. The van der Waals surface area contributed by atoms with Gasteiger partial charge >= 0.3 is 0 Å². The largest absolute Gasteiger partial charge is 0.325 e. The molecule has 0 fully saturated rings. The van der Waals surface area contributed by atoms with Crippen LogP contribution in [0.15, 0.2) is 24.3 Å². The van der Waals surface area contributed by atoms with Crippen molar-refractivity contribution < 1.29 is 13.2 Å². The number of unbranched alkanes of at least 4 members (excludes halogenated alkanes) is 1. The molecule has 4 N–H and O–H groups in total. The van der Waals surface area contributed by atoms with Crippen LogP contribution in [-0.2, 0) is 14.8 Å². The summed E-state index contributed by atoms with van der Waals surface area (Å²) in [6.07, 6.45) is 2.55. The second-order valence-electron chi connectivity index (χ2n) is 4.82. The molecule has 7 heteroatoms. The van der Waals surface area contributed by atoms with E-state index in [0.717, 1.165) is 12.8 Å². The maximum atomic E-state index is 11.8. The number of hydrogen-bond donors (Lipinski definition) is 3. The third kappa shape index (κ3) is 6.14. The maximum absolute atomic E-state index is 11.8. The highest BCUT2D eigenvalue weighted by molar-refractivity contribution is 7.92. The van der Waals surface area contributed by atoms with E-state index in [4.69, 9.17) is 5.73 Å². The molecule has 0 radical (unpaired) electrons. The van der Waals surface area contributed by atoms with Gasteiger partial charge in [0.05, 0.1) is 11.8 Å². The van der Waals surface area contributed by atoms with Gasteiger partial charge < -0.3 is 11.1 Å². The first-order valence-electron chi connectivity index (χ1n) is 7.05. The zero-order chi connectivity index (χ0) is 15.9. The van der Waals surface area contributed by atoms with Gasteiger partial charge in [-0.15, -0.1) is 0 Å².